The average molecular weight is 388 g/mol. The first kappa shape index (κ1) is 20.1. The summed E-state index contributed by atoms with van der Waals surface area (Å²) in [4.78, 5) is 24.6. The summed E-state index contributed by atoms with van der Waals surface area (Å²) in [6.07, 6.45) is 0.729. The fourth-order valence-electron chi connectivity index (χ4n) is 2.83. The molecule has 0 saturated heterocycles. The molecule has 0 fully saturated rings. The second-order valence-electron chi connectivity index (χ2n) is 6.75. The Morgan fingerprint density at radius 1 is 0.793 bits per heavy atom. The predicted molar refractivity (Wildman–Crippen MR) is 115 cm³/mol. The van der Waals surface area contributed by atoms with Gasteiger partial charge in [-0.1, -0.05) is 29.8 Å². The number of rotatable bonds is 7. The molecular formula is C24H24N2O3. The van der Waals surface area contributed by atoms with Crippen molar-refractivity contribution in [3.05, 3.63) is 95.1 Å². The molecule has 0 radical (unpaired) electrons. The number of methoxy groups -OCH3 is 1. The molecule has 0 saturated carbocycles. The number of anilines is 1. The fourth-order valence-corrected chi connectivity index (χ4v) is 2.83. The topological polar surface area (TPSA) is 67.4 Å². The number of ether oxygens (including phenoxy) is 1. The molecule has 0 atom stereocenters. The molecular weight excluding hydrogens is 364 g/mol. The van der Waals surface area contributed by atoms with E-state index in [2.05, 4.69) is 10.6 Å². The van der Waals surface area contributed by atoms with Gasteiger partial charge in [-0.05, 0) is 67.4 Å². The quantitative estimate of drug-likeness (QED) is 0.637. The van der Waals surface area contributed by atoms with Gasteiger partial charge in [0, 0.05) is 23.4 Å². The zero-order chi connectivity index (χ0) is 20.6. The number of carbonyl (C=O) groups excluding carboxylic acids is 2. The fraction of sp³-hybridized carbons (Fsp3) is 0.167. The SMILES string of the molecule is COc1ccc(CCNC(=O)c2ccc(C(=O)Nc3ccc(C)cc3)cc2)cc1. The summed E-state index contributed by atoms with van der Waals surface area (Å²) in [6.45, 7) is 2.52. The molecule has 0 aliphatic carbocycles. The zero-order valence-corrected chi connectivity index (χ0v) is 16.6. The van der Waals surface area contributed by atoms with Gasteiger partial charge in [-0.15, -0.1) is 0 Å². The van der Waals surface area contributed by atoms with Crippen molar-refractivity contribution in [3.8, 4) is 5.75 Å². The van der Waals surface area contributed by atoms with Crippen LogP contribution in [0.2, 0.25) is 0 Å². The van der Waals surface area contributed by atoms with E-state index in [1.807, 2.05) is 55.5 Å². The van der Waals surface area contributed by atoms with Crippen LogP contribution in [0.4, 0.5) is 5.69 Å². The Hall–Kier alpha value is -3.60. The van der Waals surface area contributed by atoms with Gasteiger partial charge in [0.2, 0.25) is 0 Å². The third kappa shape index (κ3) is 5.69. The lowest BCUT2D eigenvalue weighted by Crippen LogP contribution is -2.25. The maximum Gasteiger partial charge on any atom is 0.255 e. The van der Waals surface area contributed by atoms with Crippen LogP contribution in [-0.2, 0) is 6.42 Å². The second-order valence-corrected chi connectivity index (χ2v) is 6.75. The van der Waals surface area contributed by atoms with E-state index in [0.717, 1.165) is 29.0 Å². The summed E-state index contributed by atoms with van der Waals surface area (Å²) in [5, 5.41) is 5.75. The molecule has 2 amide bonds. The Balaban J connectivity index is 1.51. The standard InChI is InChI=1S/C24H24N2O3/c1-17-3-11-21(12-4-17)26-24(28)20-9-7-19(8-10-20)23(27)25-16-15-18-5-13-22(29-2)14-6-18/h3-14H,15-16H2,1-2H3,(H,25,27)(H,26,28). The van der Waals surface area contributed by atoms with Crippen LogP contribution in [-0.4, -0.2) is 25.5 Å². The van der Waals surface area contributed by atoms with E-state index < -0.39 is 0 Å². The minimum Gasteiger partial charge on any atom is -0.497 e. The molecule has 0 aliphatic heterocycles. The summed E-state index contributed by atoms with van der Waals surface area (Å²) in [6, 6.07) is 22.0. The van der Waals surface area contributed by atoms with Crippen LogP contribution in [0.15, 0.2) is 72.8 Å². The Bertz CT molecular complexity index is 963. The number of benzene rings is 3. The van der Waals surface area contributed by atoms with Gasteiger partial charge in [0.15, 0.2) is 0 Å². The van der Waals surface area contributed by atoms with Crippen LogP contribution in [0, 0.1) is 6.92 Å². The summed E-state index contributed by atoms with van der Waals surface area (Å²) in [5.41, 5.74) is 4.01. The number of nitrogens with one attached hydrogen (secondary N) is 2. The minimum atomic E-state index is -0.208. The Kier molecular flexibility index (Phi) is 6.63. The normalized spacial score (nSPS) is 10.3. The molecule has 0 spiro atoms. The number of hydrogen-bond acceptors (Lipinski definition) is 3. The van der Waals surface area contributed by atoms with Crippen LogP contribution in [0.1, 0.15) is 31.8 Å². The van der Waals surface area contributed by atoms with Gasteiger partial charge in [0.25, 0.3) is 11.8 Å². The summed E-state index contributed by atoms with van der Waals surface area (Å²) in [5.74, 6) is 0.439. The highest BCUT2D eigenvalue weighted by Gasteiger charge is 2.09. The summed E-state index contributed by atoms with van der Waals surface area (Å²) >= 11 is 0. The van der Waals surface area contributed by atoms with Crippen molar-refractivity contribution in [2.24, 2.45) is 0 Å². The number of aryl methyl sites for hydroxylation is 1. The van der Waals surface area contributed by atoms with Gasteiger partial charge in [0.1, 0.15) is 5.75 Å². The van der Waals surface area contributed by atoms with E-state index >= 15 is 0 Å². The molecule has 0 unspecified atom stereocenters. The molecule has 0 aliphatic rings. The van der Waals surface area contributed by atoms with Crippen molar-refractivity contribution in [3.63, 3.8) is 0 Å². The molecule has 148 valence electrons. The van der Waals surface area contributed by atoms with Crippen LogP contribution in [0.25, 0.3) is 0 Å². The van der Waals surface area contributed by atoms with Gasteiger partial charge in [-0.3, -0.25) is 9.59 Å². The maximum absolute atomic E-state index is 12.3. The third-order valence-electron chi connectivity index (χ3n) is 4.58. The van der Waals surface area contributed by atoms with Crippen molar-refractivity contribution in [1.29, 1.82) is 0 Å². The molecule has 0 aromatic heterocycles. The molecule has 3 rings (SSSR count). The lowest BCUT2D eigenvalue weighted by molar-refractivity contribution is 0.0952. The summed E-state index contributed by atoms with van der Waals surface area (Å²) < 4.78 is 5.14. The minimum absolute atomic E-state index is 0.163. The van der Waals surface area contributed by atoms with Crippen LogP contribution >= 0.6 is 0 Å². The second kappa shape index (κ2) is 9.55. The largest absolute Gasteiger partial charge is 0.497 e. The molecule has 29 heavy (non-hydrogen) atoms. The Labute approximate surface area is 170 Å². The molecule has 3 aromatic rings. The lowest BCUT2D eigenvalue weighted by Gasteiger charge is -2.08. The first-order valence-electron chi connectivity index (χ1n) is 9.44. The van der Waals surface area contributed by atoms with Crippen LogP contribution in [0.5, 0.6) is 5.75 Å². The van der Waals surface area contributed by atoms with Gasteiger partial charge in [-0.2, -0.15) is 0 Å². The van der Waals surface area contributed by atoms with Crippen LogP contribution in [0.3, 0.4) is 0 Å². The van der Waals surface area contributed by atoms with Crippen molar-refractivity contribution in [1.82, 2.24) is 5.32 Å². The summed E-state index contributed by atoms with van der Waals surface area (Å²) in [7, 11) is 1.63. The van der Waals surface area contributed by atoms with Crippen molar-refractivity contribution >= 4 is 17.5 Å². The number of amides is 2. The van der Waals surface area contributed by atoms with E-state index in [9.17, 15) is 9.59 Å². The smallest absolute Gasteiger partial charge is 0.255 e. The highest BCUT2D eigenvalue weighted by molar-refractivity contribution is 6.05. The Morgan fingerprint density at radius 2 is 1.38 bits per heavy atom. The van der Waals surface area contributed by atoms with E-state index in [1.165, 1.54) is 0 Å². The van der Waals surface area contributed by atoms with Crippen molar-refractivity contribution < 1.29 is 14.3 Å². The number of hydrogen-bond donors (Lipinski definition) is 2. The van der Waals surface area contributed by atoms with Crippen LogP contribution < -0.4 is 15.4 Å². The predicted octanol–water partition coefficient (Wildman–Crippen LogP) is 4.23. The molecule has 0 heterocycles. The molecule has 3 aromatic carbocycles. The molecule has 5 heteroatoms. The monoisotopic (exact) mass is 388 g/mol. The van der Waals surface area contributed by atoms with E-state index in [4.69, 9.17) is 4.74 Å². The molecule has 5 nitrogen and oxygen atoms in total. The number of carbonyl (C=O) groups is 2. The zero-order valence-electron chi connectivity index (χ0n) is 16.6. The van der Waals surface area contributed by atoms with Gasteiger partial charge in [-0.25, -0.2) is 0 Å². The van der Waals surface area contributed by atoms with Crippen molar-refractivity contribution in [2.45, 2.75) is 13.3 Å². The molecule has 0 bridgehead atoms. The van der Waals surface area contributed by atoms with Gasteiger partial charge >= 0.3 is 0 Å². The lowest BCUT2D eigenvalue weighted by atomic mass is 10.1. The van der Waals surface area contributed by atoms with Gasteiger partial charge in [0.05, 0.1) is 7.11 Å². The van der Waals surface area contributed by atoms with E-state index in [0.29, 0.717) is 17.7 Å². The first-order valence-corrected chi connectivity index (χ1v) is 9.44. The Morgan fingerprint density at radius 3 is 1.97 bits per heavy atom. The van der Waals surface area contributed by atoms with Crippen molar-refractivity contribution in [2.75, 3.05) is 19.0 Å². The maximum atomic E-state index is 12.3. The van der Waals surface area contributed by atoms with E-state index in [-0.39, 0.29) is 11.8 Å². The first-order chi connectivity index (χ1) is 14.0. The van der Waals surface area contributed by atoms with Gasteiger partial charge < -0.3 is 15.4 Å². The average Bonchev–Trinajstić information content (AvgIpc) is 2.76. The third-order valence-corrected chi connectivity index (χ3v) is 4.58. The highest BCUT2D eigenvalue weighted by atomic mass is 16.5. The molecule has 2 N–H and O–H groups in total. The van der Waals surface area contributed by atoms with E-state index in [1.54, 1.807) is 31.4 Å². The highest BCUT2D eigenvalue weighted by Crippen LogP contribution is 2.13.